The fourth-order valence-electron chi connectivity index (χ4n) is 3.48. The summed E-state index contributed by atoms with van der Waals surface area (Å²) in [5, 5.41) is 3.42. The normalized spacial score (nSPS) is 20.0. The number of hydrogen-bond donors (Lipinski definition) is 1. The van der Waals surface area contributed by atoms with Gasteiger partial charge in [0, 0.05) is 65.9 Å². The number of ether oxygens (including phenoxy) is 1. The third-order valence-corrected chi connectivity index (χ3v) is 4.97. The van der Waals surface area contributed by atoms with Crippen LogP contribution >= 0.6 is 24.0 Å². The van der Waals surface area contributed by atoms with E-state index < -0.39 is 0 Å². The van der Waals surface area contributed by atoms with E-state index in [1.165, 1.54) is 0 Å². The number of hydrogen-bond acceptors (Lipinski definition) is 4. The standard InChI is InChI=1S/C18H35N5O2.HI/c1-4-19-18(23-9-6-17(7-10-23)25-5-2)20-8-11-21-12-14-22(15-13-21)16(3)24;/h17H,4-15H2,1-3H3,(H,19,20);1H. The topological polar surface area (TPSA) is 60.4 Å². The molecule has 0 unspecified atom stereocenters. The lowest BCUT2D eigenvalue weighted by atomic mass is 10.1. The maximum Gasteiger partial charge on any atom is 0.219 e. The van der Waals surface area contributed by atoms with Gasteiger partial charge in [-0.2, -0.15) is 0 Å². The van der Waals surface area contributed by atoms with Crippen LogP contribution in [0, 0.1) is 0 Å². The summed E-state index contributed by atoms with van der Waals surface area (Å²) in [6.45, 7) is 14.9. The van der Waals surface area contributed by atoms with Crippen LogP contribution in [0.1, 0.15) is 33.6 Å². The minimum absolute atomic E-state index is 0. The van der Waals surface area contributed by atoms with E-state index in [0.29, 0.717) is 6.10 Å². The number of nitrogens with one attached hydrogen (secondary N) is 1. The highest BCUT2D eigenvalue weighted by Gasteiger charge is 2.22. The van der Waals surface area contributed by atoms with Crippen LogP contribution in [-0.4, -0.2) is 98.2 Å². The van der Waals surface area contributed by atoms with Gasteiger partial charge in [0.05, 0.1) is 12.6 Å². The second-order valence-corrected chi connectivity index (χ2v) is 6.73. The predicted molar refractivity (Wildman–Crippen MR) is 116 cm³/mol. The molecule has 2 rings (SSSR count). The van der Waals surface area contributed by atoms with Crippen molar-refractivity contribution in [3.05, 3.63) is 0 Å². The van der Waals surface area contributed by atoms with Crippen LogP contribution in [0.4, 0.5) is 0 Å². The van der Waals surface area contributed by atoms with Crippen molar-refractivity contribution in [1.29, 1.82) is 0 Å². The average molecular weight is 481 g/mol. The van der Waals surface area contributed by atoms with Gasteiger partial charge in [-0.25, -0.2) is 0 Å². The Morgan fingerprint density at radius 3 is 2.27 bits per heavy atom. The van der Waals surface area contributed by atoms with Gasteiger partial charge in [0.25, 0.3) is 0 Å². The van der Waals surface area contributed by atoms with Crippen LogP contribution in [0.15, 0.2) is 4.99 Å². The molecule has 1 N–H and O–H groups in total. The van der Waals surface area contributed by atoms with Gasteiger partial charge in [-0.1, -0.05) is 0 Å². The highest BCUT2D eigenvalue weighted by molar-refractivity contribution is 14.0. The maximum absolute atomic E-state index is 11.4. The first kappa shape index (κ1) is 23.4. The molecule has 2 aliphatic rings. The molecule has 152 valence electrons. The number of piperidine rings is 1. The van der Waals surface area contributed by atoms with Crippen LogP contribution < -0.4 is 5.32 Å². The minimum atomic E-state index is 0. The molecule has 0 aromatic rings. The second kappa shape index (κ2) is 12.7. The van der Waals surface area contributed by atoms with Gasteiger partial charge in [-0.05, 0) is 26.7 Å². The van der Waals surface area contributed by atoms with E-state index >= 15 is 0 Å². The van der Waals surface area contributed by atoms with Crippen LogP contribution in [0.3, 0.4) is 0 Å². The summed E-state index contributed by atoms with van der Waals surface area (Å²) in [6, 6.07) is 0. The number of nitrogens with zero attached hydrogens (tertiary/aromatic N) is 4. The fourth-order valence-corrected chi connectivity index (χ4v) is 3.48. The number of amides is 1. The summed E-state index contributed by atoms with van der Waals surface area (Å²) in [5.41, 5.74) is 0. The molecule has 0 saturated carbocycles. The van der Waals surface area contributed by atoms with Gasteiger partial charge in [0.15, 0.2) is 5.96 Å². The molecule has 0 aromatic heterocycles. The zero-order valence-electron chi connectivity index (χ0n) is 16.6. The highest BCUT2D eigenvalue weighted by Crippen LogP contribution is 2.13. The van der Waals surface area contributed by atoms with Gasteiger partial charge >= 0.3 is 0 Å². The zero-order chi connectivity index (χ0) is 18.1. The zero-order valence-corrected chi connectivity index (χ0v) is 18.9. The molecule has 2 aliphatic heterocycles. The van der Waals surface area contributed by atoms with Crippen LogP contribution in [0.2, 0.25) is 0 Å². The highest BCUT2D eigenvalue weighted by atomic mass is 127. The molecule has 0 spiro atoms. The van der Waals surface area contributed by atoms with Crippen molar-refractivity contribution in [1.82, 2.24) is 20.0 Å². The van der Waals surface area contributed by atoms with E-state index in [-0.39, 0.29) is 29.9 Å². The second-order valence-electron chi connectivity index (χ2n) is 6.73. The van der Waals surface area contributed by atoms with Gasteiger partial charge in [-0.3, -0.25) is 14.7 Å². The Balaban J connectivity index is 0.00000338. The molecule has 0 aromatic carbocycles. The smallest absolute Gasteiger partial charge is 0.219 e. The van der Waals surface area contributed by atoms with Gasteiger partial charge in [0.2, 0.25) is 5.91 Å². The van der Waals surface area contributed by atoms with E-state index in [2.05, 4.69) is 29.0 Å². The van der Waals surface area contributed by atoms with Gasteiger partial charge in [-0.15, -0.1) is 24.0 Å². The van der Waals surface area contributed by atoms with E-state index in [9.17, 15) is 4.79 Å². The van der Waals surface area contributed by atoms with Crippen molar-refractivity contribution in [2.24, 2.45) is 4.99 Å². The van der Waals surface area contributed by atoms with Gasteiger partial charge in [0.1, 0.15) is 0 Å². The van der Waals surface area contributed by atoms with Crippen molar-refractivity contribution in [3.63, 3.8) is 0 Å². The van der Waals surface area contributed by atoms with Crippen molar-refractivity contribution >= 4 is 35.8 Å². The first-order valence-corrected chi connectivity index (χ1v) is 9.76. The molecule has 26 heavy (non-hydrogen) atoms. The quantitative estimate of drug-likeness (QED) is 0.352. The Labute approximate surface area is 175 Å². The van der Waals surface area contributed by atoms with E-state index in [1.54, 1.807) is 6.92 Å². The molecule has 8 heteroatoms. The lowest BCUT2D eigenvalue weighted by Gasteiger charge is -2.35. The third kappa shape index (κ3) is 7.56. The van der Waals surface area contributed by atoms with Crippen LogP contribution in [0.5, 0.6) is 0 Å². The summed E-state index contributed by atoms with van der Waals surface area (Å²) in [4.78, 5) is 22.9. The molecule has 2 fully saturated rings. The Morgan fingerprint density at radius 2 is 1.73 bits per heavy atom. The number of piperazine rings is 1. The number of rotatable bonds is 6. The molecule has 1 amide bonds. The Morgan fingerprint density at radius 1 is 1.08 bits per heavy atom. The molecular weight excluding hydrogens is 445 g/mol. The summed E-state index contributed by atoms with van der Waals surface area (Å²) in [5.74, 6) is 1.21. The number of halogens is 1. The van der Waals surface area contributed by atoms with E-state index in [0.717, 1.165) is 84.3 Å². The minimum Gasteiger partial charge on any atom is -0.378 e. The summed E-state index contributed by atoms with van der Waals surface area (Å²) < 4.78 is 5.74. The molecule has 0 aliphatic carbocycles. The van der Waals surface area contributed by atoms with Crippen molar-refractivity contribution in [2.45, 2.75) is 39.7 Å². The number of carbonyl (C=O) groups excluding carboxylic acids is 1. The summed E-state index contributed by atoms with van der Waals surface area (Å²) >= 11 is 0. The largest absolute Gasteiger partial charge is 0.378 e. The van der Waals surface area contributed by atoms with E-state index in [1.807, 2.05) is 4.90 Å². The number of guanidine groups is 1. The monoisotopic (exact) mass is 481 g/mol. The Hall–Kier alpha value is -0.610. The number of aliphatic imine (C=N–C) groups is 1. The molecule has 2 heterocycles. The Kier molecular flexibility index (Phi) is 11.5. The van der Waals surface area contributed by atoms with E-state index in [4.69, 9.17) is 9.73 Å². The van der Waals surface area contributed by atoms with Crippen molar-refractivity contribution in [3.8, 4) is 0 Å². The first-order chi connectivity index (χ1) is 12.1. The molecule has 0 radical (unpaired) electrons. The lowest BCUT2D eigenvalue weighted by molar-refractivity contribution is -0.130. The Bertz CT molecular complexity index is 433. The third-order valence-electron chi connectivity index (χ3n) is 4.97. The molecule has 2 saturated heterocycles. The van der Waals surface area contributed by atoms with Crippen molar-refractivity contribution in [2.75, 3.05) is 65.5 Å². The average Bonchev–Trinajstić information content (AvgIpc) is 2.62. The first-order valence-electron chi connectivity index (χ1n) is 9.76. The number of likely N-dealkylation sites (tertiary alicyclic amines) is 1. The molecular formula is C18H36IN5O2. The SMILES string of the molecule is CCNC(=NCCN1CCN(C(C)=O)CC1)N1CCC(OCC)CC1.I. The molecule has 7 nitrogen and oxygen atoms in total. The number of carbonyl (C=O) groups is 1. The molecule has 0 atom stereocenters. The van der Waals surface area contributed by atoms with Crippen molar-refractivity contribution < 1.29 is 9.53 Å². The maximum atomic E-state index is 11.4. The van der Waals surface area contributed by atoms with Gasteiger partial charge < -0.3 is 19.9 Å². The molecule has 0 bridgehead atoms. The predicted octanol–water partition coefficient (Wildman–Crippen LogP) is 1.23. The summed E-state index contributed by atoms with van der Waals surface area (Å²) in [7, 11) is 0. The van der Waals surface area contributed by atoms with Crippen LogP contribution in [-0.2, 0) is 9.53 Å². The fraction of sp³-hybridized carbons (Fsp3) is 0.889. The summed E-state index contributed by atoms with van der Waals surface area (Å²) in [6.07, 6.45) is 2.55. The van der Waals surface area contributed by atoms with Crippen LogP contribution in [0.25, 0.3) is 0 Å². The lowest BCUT2D eigenvalue weighted by Crippen LogP contribution is -2.49.